The number of benzene rings is 1. The molecule has 2 aliphatic rings. The van der Waals surface area contributed by atoms with Gasteiger partial charge in [0.25, 0.3) is 0 Å². The molecule has 140 valence electrons. The predicted octanol–water partition coefficient (Wildman–Crippen LogP) is 5.88. The SMILES string of the molecule is Cc1ccc([C@H](O)P(=O)(OC2CCCCC2)OC2CCCCC2)cc1. The van der Waals surface area contributed by atoms with Crippen LogP contribution in [0.15, 0.2) is 24.3 Å². The van der Waals surface area contributed by atoms with Gasteiger partial charge in [-0.05, 0) is 38.2 Å². The molecule has 0 aliphatic heterocycles. The summed E-state index contributed by atoms with van der Waals surface area (Å²) < 4.78 is 25.7. The highest BCUT2D eigenvalue weighted by atomic mass is 31.2. The molecule has 0 unspecified atom stereocenters. The Bertz CT molecular complexity index is 550. The van der Waals surface area contributed by atoms with Crippen molar-refractivity contribution < 1.29 is 18.7 Å². The monoisotopic (exact) mass is 366 g/mol. The van der Waals surface area contributed by atoms with Gasteiger partial charge in [-0.1, -0.05) is 68.4 Å². The molecule has 0 aromatic heterocycles. The zero-order valence-electron chi connectivity index (χ0n) is 15.2. The van der Waals surface area contributed by atoms with Gasteiger partial charge in [-0.2, -0.15) is 0 Å². The van der Waals surface area contributed by atoms with Gasteiger partial charge in [0.15, 0.2) is 5.85 Å². The van der Waals surface area contributed by atoms with Gasteiger partial charge in [-0.3, -0.25) is 4.57 Å². The van der Waals surface area contributed by atoms with Crippen LogP contribution in [0.4, 0.5) is 0 Å². The highest BCUT2D eigenvalue weighted by Crippen LogP contribution is 2.62. The molecule has 0 heterocycles. The van der Waals surface area contributed by atoms with E-state index in [1.807, 2.05) is 31.2 Å². The van der Waals surface area contributed by atoms with Crippen LogP contribution in [0.2, 0.25) is 0 Å². The summed E-state index contributed by atoms with van der Waals surface area (Å²) in [5, 5.41) is 10.9. The van der Waals surface area contributed by atoms with E-state index in [-0.39, 0.29) is 12.2 Å². The molecule has 1 N–H and O–H groups in total. The summed E-state index contributed by atoms with van der Waals surface area (Å²) in [6.45, 7) is 1.99. The fraction of sp³-hybridized carbons (Fsp3) is 0.700. The molecule has 0 radical (unpaired) electrons. The Balaban J connectivity index is 1.78. The Labute approximate surface area is 151 Å². The minimum atomic E-state index is -3.63. The molecule has 2 fully saturated rings. The van der Waals surface area contributed by atoms with Gasteiger partial charge in [0.2, 0.25) is 0 Å². The second-order valence-electron chi connectivity index (χ2n) is 7.56. The zero-order chi connectivity index (χ0) is 17.7. The first-order chi connectivity index (χ1) is 12.1. The minimum Gasteiger partial charge on any atom is -0.376 e. The lowest BCUT2D eigenvalue weighted by Gasteiger charge is -2.33. The molecule has 5 heteroatoms. The van der Waals surface area contributed by atoms with Crippen LogP contribution in [0, 0.1) is 6.92 Å². The molecular weight excluding hydrogens is 335 g/mol. The van der Waals surface area contributed by atoms with Crippen molar-refractivity contribution in [3.63, 3.8) is 0 Å². The summed E-state index contributed by atoms with van der Waals surface area (Å²) in [5.74, 6) is -1.21. The molecule has 2 saturated carbocycles. The van der Waals surface area contributed by atoms with Crippen LogP contribution in [-0.4, -0.2) is 17.3 Å². The maximum absolute atomic E-state index is 13.6. The molecule has 2 aliphatic carbocycles. The van der Waals surface area contributed by atoms with Gasteiger partial charge < -0.3 is 14.2 Å². The summed E-state index contributed by atoms with van der Waals surface area (Å²) in [6.07, 6.45) is 10.2. The second kappa shape index (κ2) is 8.81. The fourth-order valence-electron chi connectivity index (χ4n) is 3.82. The maximum Gasteiger partial charge on any atom is 0.363 e. The fourth-order valence-corrected chi connectivity index (χ4v) is 5.89. The van der Waals surface area contributed by atoms with Gasteiger partial charge in [0.05, 0.1) is 12.2 Å². The van der Waals surface area contributed by atoms with E-state index in [0.29, 0.717) is 5.56 Å². The third-order valence-electron chi connectivity index (χ3n) is 5.37. The molecule has 0 amide bonds. The van der Waals surface area contributed by atoms with Gasteiger partial charge in [0, 0.05) is 0 Å². The number of aliphatic hydroxyl groups is 1. The first kappa shape index (κ1) is 19.1. The summed E-state index contributed by atoms with van der Waals surface area (Å²) in [4.78, 5) is 0. The van der Waals surface area contributed by atoms with E-state index in [4.69, 9.17) is 9.05 Å². The standard InChI is InChI=1S/C20H31O4P/c1-16-12-14-17(15-13-16)20(21)25(22,23-18-8-4-2-5-9-18)24-19-10-6-3-7-11-19/h12-15,18-21H,2-11H2,1H3/t20-/m1/s1. The Morgan fingerprint density at radius 1 is 0.880 bits per heavy atom. The maximum atomic E-state index is 13.6. The third-order valence-corrected chi connectivity index (χ3v) is 7.45. The van der Waals surface area contributed by atoms with Crippen LogP contribution >= 0.6 is 7.60 Å². The zero-order valence-corrected chi connectivity index (χ0v) is 16.1. The third kappa shape index (κ3) is 5.17. The largest absolute Gasteiger partial charge is 0.376 e. The highest BCUT2D eigenvalue weighted by Gasteiger charge is 2.41. The van der Waals surface area contributed by atoms with Crippen molar-refractivity contribution in [1.29, 1.82) is 0 Å². The second-order valence-corrected chi connectivity index (χ2v) is 9.55. The molecule has 0 spiro atoms. The van der Waals surface area contributed by atoms with Crippen LogP contribution in [0.3, 0.4) is 0 Å². The van der Waals surface area contributed by atoms with E-state index in [0.717, 1.165) is 56.9 Å². The average Bonchev–Trinajstić information content (AvgIpc) is 2.63. The Morgan fingerprint density at radius 2 is 1.32 bits per heavy atom. The summed E-state index contributed by atoms with van der Waals surface area (Å²) in [5.41, 5.74) is 1.72. The normalized spacial score (nSPS) is 22.0. The lowest BCUT2D eigenvalue weighted by atomic mass is 9.98. The number of rotatable bonds is 6. The van der Waals surface area contributed by atoms with E-state index in [1.54, 1.807) is 0 Å². The van der Waals surface area contributed by atoms with Gasteiger partial charge >= 0.3 is 7.60 Å². The van der Waals surface area contributed by atoms with Crippen molar-refractivity contribution in [2.24, 2.45) is 0 Å². The van der Waals surface area contributed by atoms with E-state index in [9.17, 15) is 9.67 Å². The quantitative estimate of drug-likeness (QED) is 0.639. The minimum absolute atomic E-state index is 0.0664. The number of hydrogen-bond acceptors (Lipinski definition) is 4. The first-order valence-electron chi connectivity index (χ1n) is 9.78. The van der Waals surface area contributed by atoms with Gasteiger partial charge in [-0.25, -0.2) is 0 Å². The van der Waals surface area contributed by atoms with Crippen molar-refractivity contribution in [3.05, 3.63) is 35.4 Å². The Morgan fingerprint density at radius 3 is 1.76 bits per heavy atom. The van der Waals surface area contributed by atoms with Crippen molar-refractivity contribution in [2.75, 3.05) is 0 Å². The number of hydrogen-bond donors (Lipinski definition) is 1. The number of aryl methyl sites for hydroxylation is 1. The Kier molecular flexibility index (Phi) is 6.73. The predicted molar refractivity (Wildman–Crippen MR) is 99.7 cm³/mol. The van der Waals surface area contributed by atoms with Crippen LogP contribution in [0.25, 0.3) is 0 Å². The van der Waals surface area contributed by atoms with Crippen molar-refractivity contribution in [3.8, 4) is 0 Å². The lowest BCUT2D eigenvalue weighted by Crippen LogP contribution is -2.22. The molecule has 0 bridgehead atoms. The Hall–Kier alpha value is -0.670. The topological polar surface area (TPSA) is 55.8 Å². The molecule has 0 saturated heterocycles. The van der Waals surface area contributed by atoms with Gasteiger partial charge in [-0.15, -0.1) is 0 Å². The average molecular weight is 366 g/mol. The molecule has 1 aromatic rings. The summed E-state index contributed by atoms with van der Waals surface area (Å²) in [6, 6.07) is 7.48. The molecule has 3 rings (SSSR count). The van der Waals surface area contributed by atoms with Crippen LogP contribution in [0.5, 0.6) is 0 Å². The van der Waals surface area contributed by atoms with E-state index < -0.39 is 13.4 Å². The smallest absolute Gasteiger partial charge is 0.363 e. The van der Waals surface area contributed by atoms with Crippen molar-refractivity contribution in [2.45, 2.75) is 89.2 Å². The molecule has 4 nitrogen and oxygen atoms in total. The van der Waals surface area contributed by atoms with Crippen LogP contribution in [0.1, 0.15) is 81.2 Å². The van der Waals surface area contributed by atoms with E-state index in [1.165, 1.54) is 12.8 Å². The van der Waals surface area contributed by atoms with Crippen molar-refractivity contribution in [1.82, 2.24) is 0 Å². The molecule has 25 heavy (non-hydrogen) atoms. The number of aliphatic hydroxyl groups excluding tert-OH is 1. The molecular formula is C20H31O4P. The first-order valence-corrected chi connectivity index (χ1v) is 11.4. The molecule has 1 atom stereocenters. The van der Waals surface area contributed by atoms with E-state index in [2.05, 4.69) is 0 Å². The van der Waals surface area contributed by atoms with Gasteiger partial charge in [0.1, 0.15) is 0 Å². The van der Waals surface area contributed by atoms with E-state index >= 15 is 0 Å². The molecule has 1 aromatic carbocycles. The summed E-state index contributed by atoms with van der Waals surface area (Å²) >= 11 is 0. The van der Waals surface area contributed by atoms with Crippen molar-refractivity contribution >= 4 is 7.60 Å². The van der Waals surface area contributed by atoms with Crippen LogP contribution in [-0.2, 0) is 13.6 Å². The lowest BCUT2D eigenvalue weighted by molar-refractivity contribution is 0.0545. The summed E-state index contributed by atoms with van der Waals surface area (Å²) in [7, 11) is -3.63. The highest BCUT2D eigenvalue weighted by molar-refractivity contribution is 7.54. The van der Waals surface area contributed by atoms with Crippen LogP contribution < -0.4 is 0 Å².